The summed E-state index contributed by atoms with van der Waals surface area (Å²) < 4.78 is 38.5. The first kappa shape index (κ1) is 21.2. The van der Waals surface area contributed by atoms with Gasteiger partial charge in [0.15, 0.2) is 0 Å². The molecule has 4 aromatic rings. The lowest BCUT2D eigenvalue weighted by Crippen LogP contribution is -2.48. The summed E-state index contributed by atoms with van der Waals surface area (Å²) in [4.78, 5) is 12.5. The summed E-state index contributed by atoms with van der Waals surface area (Å²) in [6.45, 7) is 0.367. The normalized spacial score (nSPS) is 22.5. The molecule has 2 fully saturated rings. The fourth-order valence-electron chi connectivity index (χ4n) is 5.09. The van der Waals surface area contributed by atoms with Gasteiger partial charge in [0.25, 0.3) is 6.43 Å². The molecule has 4 heterocycles. The van der Waals surface area contributed by atoms with Crippen LogP contribution >= 0.6 is 0 Å². The van der Waals surface area contributed by atoms with Crippen LogP contribution in [0.2, 0.25) is 0 Å². The molecule has 0 atom stereocenters. The minimum atomic E-state index is -2.52. The van der Waals surface area contributed by atoms with E-state index in [0.29, 0.717) is 28.5 Å². The van der Waals surface area contributed by atoms with Crippen molar-refractivity contribution >= 4 is 28.0 Å². The number of fused-ring (bicyclic) bond motifs is 2. The highest BCUT2D eigenvalue weighted by molar-refractivity contribution is 5.99. The summed E-state index contributed by atoms with van der Waals surface area (Å²) in [5, 5.41) is 12.0. The monoisotopic (exact) mass is 469 g/mol. The molecule has 0 unspecified atom stereocenters. The van der Waals surface area contributed by atoms with Gasteiger partial charge in [-0.25, -0.2) is 13.5 Å². The van der Waals surface area contributed by atoms with Gasteiger partial charge in [0, 0.05) is 17.8 Å². The van der Waals surface area contributed by atoms with Gasteiger partial charge in [-0.05, 0) is 49.8 Å². The third-order valence-corrected chi connectivity index (χ3v) is 7.02. The van der Waals surface area contributed by atoms with Crippen molar-refractivity contribution in [1.29, 1.82) is 0 Å². The Morgan fingerprint density at radius 2 is 2.09 bits per heavy atom. The Hall–Kier alpha value is -3.34. The van der Waals surface area contributed by atoms with Crippen LogP contribution in [0, 0.1) is 0 Å². The molecule has 178 valence electrons. The number of nitrogens with one attached hydrogen (secondary N) is 2. The molecule has 11 heteroatoms. The summed E-state index contributed by atoms with van der Waals surface area (Å²) in [5.41, 5.74) is 3.45. The van der Waals surface area contributed by atoms with Gasteiger partial charge in [0.05, 0.1) is 30.2 Å². The van der Waals surface area contributed by atoms with Gasteiger partial charge >= 0.3 is 0 Å². The highest BCUT2D eigenvalue weighted by Crippen LogP contribution is 2.41. The first-order valence-electron chi connectivity index (χ1n) is 11.5. The number of ether oxygens (including phenoxy) is 2. The number of methoxy groups -OCH3 is 1. The van der Waals surface area contributed by atoms with E-state index in [1.807, 2.05) is 12.3 Å². The lowest BCUT2D eigenvalue weighted by molar-refractivity contribution is -0.165. The smallest absolute Gasteiger partial charge is 0.258 e. The molecular weight excluding hydrogens is 444 g/mol. The van der Waals surface area contributed by atoms with Crippen LogP contribution in [-0.2, 0) is 11.3 Å². The third kappa shape index (κ3) is 3.64. The summed E-state index contributed by atoms with van der Waals surface area (Å²) >= 11 is 0. The van der Waals surface area contributed by atoms with E-state index < -0.39 is 13.0 Å². The summed E-state index contributed by atoms with van der Waals surface area (Å²) in [6.07, 6.45) is 4.60. The van der Waals surface area contributed by atoms with Crippen molar-refractivity contribution in [2.75, 3.05) is 19.0 Å². The van der Waals surface area contributed by atoms with Crippen LogP contribution in [0.3, 0.4) is 0 Å². The molecule has 1 aromatic carbocycles. The van der Waals surface area contributed by atoms with Crippen LogP contribution in [0.5, 0.6) is 5.88 Å². The minimum absolute atomic E-state index is 0.107. The van der Waals surface area contributed by atoms with Crippen LogP contribution in [0.4, 0.5) is 14.7 Å². The molecule has 0 radical (unpaired) electrons. The zero-order valence-corrected chi connectivity index (χ0v) is 18.7. The molecule has 9 nitrogen and oxygen atoms in total. The van der Waals surface area contributed by atoms with Crippen molar-refractivity contribution in [3.63, 3.8) is 0 Å². The summed E-state index contributed by atoms with van der Waals surface area (Å²) in [6, 6.07) is 5.73. The molecule has 1 aliphatic carbocycles. The molecule has 1 saturated heterocycles. The maximum atomic E-state index is 12.9. The largest absolute Gasteiger partial charge is 0.480 e. The van der Waals surface area contributed by atoms with Crippen molar-refractivity contribution in [3.8, 4) is 17.0 Å². The van der Waals surface area contributed by atoms with Gasteiger partial charge < -0.3 is 19.8 Å². The quantitative estimate of drug-likeness (QED) is 0.437. The number of benzene rings is 1. The van der Waals surface area contributed by atoms with Crippen molar-refractivity contribution in [1.82, 2.24) is 29.9 Å². The predicted molar refractivity (Wildman–Crippen MR) is 122 cm³/mol. The van der Waals surface area contributed by atoms with E-state index in [0.717, 1.165) is 55.2 Å². The van der Waals surface area contributed by atoms with E-state index in [1.54, 1.807) is 19.2 Å². The Kier molecular flexibility index (Phi) is 5.09. The Labute approximate surface area is 193 Å². The second-order valence-electron chi connectivity index (χ2n) is 9.05. The fourth-order valence-corrected chi connectivity index (χ4v) is 5.09. The molecule has 2 N–H and O–H groups in total. The molecule has 1 saturated carbocycles. The molecule has 0 bridgehead atoms. The number of anilines is 1. The van der Waals surface area contributed by atoms with E-state index in [4.69, 9.17) is 9.47 Å². The topological polar surface area (TPSA) is 103 Å². The van der Waals surface area contributed by atoms with Crippen LogP contribution < -0.4 is 10.1 Å². The summed E-state index contributed by atoms with van der Waals surface area (Å²) in [5.74, 6) is 0.959. The first-order valence-corrected chi connectivity index (χ1v) is 11.5. The SMILES string of the molecule is COc1nc(N[C@H]2CC[C@@]3(CCO3)CC2)nc2[nH]cc(-c3ccc4nnn(CC(F)F)c4c3)c12. The third-order valence-electron chi connectivity index (χ3n) is 7.02. The second kappa shape index (κ2) is 8.15. The Bertz CT molecular complexity index is 1340. The van der Waals surface area contributed by atoms with Crippen LogP contribution in [0.25, 0.3) is 33.2 Å². The van der Waals surface area contributed by atoms with E-state index in [1.165, 1.54) is 4.68 Å². The average molecular weight is 469 g/mol. The second-order valence-corrected chi connectivity index (χ2v) is 9.05. The van der Waals surface area contributed by atoms with Crippen LogP contribution in [0.15, 0.2) is 24.4 Å². The van der Waals surface area contributed by atoms with Gasteiger partial charge in [-0.15, -0.1) is 5.10 Å². The fraction of sp³-hybridized carbons (Fsp3) is 0.478. The first-order chi connectivity index (χ1) is 16.5. The van der Waals surface area contributed by atoms with Crippen molar-refractivity contribution in [3.05, 3.63) is 24.4 Å². The predicted octanol–water partition coefficient (Wildman–Crippen LogP) is 4.16. The number of aromatic amines is 1. The Balaban J connectivity index is 1.31. The minimum Gasteiger partial charge on any atom is -0.480 e. The van der Waals surface area contributed by atoms with Gasteiger partial charge in [-0.1, -0.05) is 11.3 Å². The van der Waals surface area contributed by atoms with Gasteiger partial charge in [0.1, 0.15) is 17.7 Å². The maximum Gasteiger partial charge on any atom is 0.258 e. The number of nitrogens with zero attached hydrogens (tertiary/aromatic N) is 5. The van der Waals surface area contributed by atoms with E-state index >= 15 is 0 Å². The zero-order chi connectivity index (χ0) is 23.3. The van der Waals surface area contributed by atoms with Gasteiger partial charge in [-0.3, -0.25) is 0 Å². The lowest BCUT2D eigenvalue weighted by atomic mass is 9.77. The zero-order valence-electron chi connectivity index (χ0n) is 18.7. The molecular formula is C23H25F2N7O2. The van der Waals surface area contributed by atoms with E-state index in [9.17, 15) is 8.78 Å². The van der Waals surface area contributed by atoms with E-state index in [-0.39, 0.29) is 11.6 Å². The molecule has 0 amide bonds. The average Bonchev–Trinajstić information content (AvgIpc) is 3.41. The Morgan fingerprint density at radius 1 is 1.26 bits per heavy atom. The Morgan fingerprint density at radius 3 is 2.79 bits per heavy atom. The van der Waals surface area contributed by atoms with Crippen LogP contribution in [0.1, 0.15) is 32.1 Å². The van der Waals surface area contributed by atoms with Crippen molar-refractivity contribution in [2.45, 2.75) is 56.7 Å². The van der Waals surface area contributed by atoms with Gasteiger partial charge in [-0.2, -0.15) is 9.97 Å². The molecule has 1 spiro atoms. The molecule has 6 rings (SSSR count). The lowest BCUT2D eigenvalue weighted by Gasteiger charge is -2.46. The molecule has 34 heavy (non-hydrogen) atoms. The van der Waals surface area contributed by atoms with Crippen molar-refractivity contribution < 1.29 is 18.3 Å². The number of H-pyrrole nitrogens is 1. The summed E-state index contributed by atoms with van der Waals surface area (Å²) in [7, 11) is 1.57. The number of alkyl halides is 2. The number of halogens is 2. The molecule has 3 aromatic heterocycles. The van der Waals surface area contributed by atoms with Gasteiger partial charge in [0.2, 0.25) is 11.8 Å². The highest BCUT2D eigenvalue weighted by Gasteiger charge is 2.41. The number of hydrogen-bond donors (Lipinski definition) is 2. The van der Waals surface area contributed by atoms with E-state index in [2.05, 4.69) is 30.6 Å². The maximum absolute atomic E-state index is 12.9. The van der Waals surface area contributed by atoms with Crippen molar-refractivity contribution in [2.24, 2.45) is 0 Å². The van der Waals surface area contributed by atoms with Crippen LogP contribution in [-0.4, -0.2) is 61.7 Å². The number of rotatable bonds is 6. The highest BCUT2D eigenvalue weighted by atomic mass is 19.3. The molecule has 2 aliphatic rings. The number of aromatic nitrogens is 6. The molecule has 1 aliphatic heterocycles. The number of hydrogen-bond acceptors (Lipinski definition) is 7. The standard InChI is InChI=1S/C23H25F2N7O2/c1-33-21-19-15(13-2-3-16-17(10-13)32(31-30-16)12-18(24)25)11-26-20(19)28-22(29-21)27-14-4-6-23(7-5-14)8-9-34-23/h2-3,10-11,14,18H,4-9,12H2,1H3,(H2,26,27,28,29)/t14-,23-.